The smallest absolute Gasteiger partial charge is 0.243 e. The summed E-state index contributed by atoms with van der Waals surface area (Å²) in [6.45, 7) is 3.55. The minimum atomic E-state index is -3.62. The van der Waals surface area contributed by atoms with E-state index in [4.69, 9.17) is 0 Å². The normalized spacial score (nSPS) is 13.0. The molecule has 0 aliphatic carbocycles. The highest BCUT2D eigenvalue weighted by molar-refractivity contribution is 7.91. The van der Waals surface area contributed by atoms with Gasteiger partial charge in [0.1, 0.15) is 9.84 Å². The molecule has 21 heavy (non-hydrogen) atoms. The van der Waals surface area contributed by atoms with Crippen molar-refractivity contribution < 1.29 is 16.8 Å². The molecule has 0 spiro atoms. The topological polar surface area (TPSA) is 83.6 Å². The second-order valence-electron chi connectivity index (χ2n) is 4.88. The van der Waals surface area contributed by atoms with Crippen LogP contribution in [0.5, 0.6) is 0 Å². The maximum Gasteiger partial charge on any atom is 0.243 e. The van der Waals surface area contributed by atoms with Gasteiger partial charge in [-0.1, -0.05) is 6.92 Å². The monoisotopic (exact) mass is 354 g/mol. The van der Waals surface area contributed by atoms with Crippen molar-refractivity contribution in [3.63, 3.8) is 0 Å². The molecule has 0 saturated carbocycles. The molecule has 0 bridgehead atoms. The van der Waals surface area contributed by atoms with E-state index in [0.717, 1.165) is 28.4 Å². The Kier molecular flexibility index (Phi) is 6.79. The van der Waals surface area contributed by atoms with E-state index in [-0.39, 0.29) is 17.2 Å². The highest BCUT2D eigenvalue weighted by Gasteiger charge is 2.23. The van der Waals surface area contributed by atoms with Crippen molar-refractivity contribution in [1.29, 1.82) is 0 Å². The molecule has 0 aliphatic heterocycles. The van der Waals surface area contributed by atoms with E-state index in [1.807, 2.05) is 0 Å². The minimum absolute atomic E-state index is 0.0412. The molecular formula is C12H22N2O4S3. The van der Waals surface area contributed by atoms with Gasteiger partial charge < -0.3 is 5.32 Å². The molecule has 0 atom stereocenters. The van der Waals surface area contributed by atoms with Crippen LogP contribution in [0.4, 0.5) is 0 Å². The lowest BCUT2D eigenvalue weighted by Gasteiger charge is -2.15. The minimum Gasteiger partial charge on any atom is -0.312 e. The zero-order valence-electron chi connectivity index (χ0n) is 12.5. The fraction of sp³-hybridized carbons (Fsp3) is 0.667. The third kappa shape index (κ3) is 6.03. The van der Waals surface area contributed by atoms with Gasteiger partial charge in [0.15, 0.2) is 0 Å². The fourth-order valence-electron chi connectivity index (χ4n) is 1.57. The first-order valence-corrected chi connectivity index (χ1v) is 11.0. The third-order valence-electron chi connectivity index (χ3n) is 2.84. The summed E-state index contributed by atoms with van der Waals surface area (Å²) < 4.78 is 47.9. The number of hydrogen-bond donors (Lipinski definition) is 1. The first-order valence-electron chi connectivity index (χ1n) is 6.59. The van der Waals surface area contributed by atoms with Crippen LogP contribution in [0.25, 0.3) is 0 Å². The number of hydrogen-bond acceptors (Lipinski definition) is 6. The fourth-order valence-corrected chi connectivity index (χ4v) is 4.70. The van der Waals surface area contributed by atoms with Crippen molar-refractivity contribution in [2.45, 2.75) is 24.8 Å². The number of nitrogens with zero attached hydrogens (tertiary/aromatic N) is 1. The first-order chi connectivity index (χ1) is 9.66. The van der Waals surface area contributed by atoms with Gasteiger partial charge in [-0.05, 0) is 19.0 Å². The lowest BCUT2D eigenvalue weighted by molar-refractivity contribution is 0.485. The molecular weight excluding hydrogens is 332 g/mol. The lowest BCUT2D eigenvalue weighted by Crippen LogP contribution is -2.31. The summed E-state index contributed by atoms with van der Waals surface area (Å²) in [5.74, 6) is -0.183. The average Bonchev–Trinajstić information content (AvgIpc) is 2.84. The molecule has 0 amide bonds. The number of sulfone groups is 1. The van der Waals surface area contributed by atoms with Gasteiger partial charge in [0, 0.05) is 36.7 Å². The molecule has 0 aliphatic rings. The van der Waals surface area contributed by atoms with Crippen molar-refractivity contribution in [2.75, 3.05) is 32.1 Å². The van der Waals surface area contributed by atoms with Crippen molar-refractivity contribution >= 4 is 31.2 Å². The molecule has 1 aromatic rings. The van der Waals surface area contributed by atoms with Crippen LogP contribution in [0.15, 0.2) is 16.3 Å². The molecule has 0 saturated heterocycles. The van der Waals surface area contributed by atoms with E-state index in [1.54, 1.807) is 11.4 Å². The lowest BCUT2D eigenvalue weighted by atomic mass is 10.4. The second-order valence-corrected chi connectivity index (χ2v) is 10.2. The number of nitrogens with one attached hydrogen (secondary N) is 1. The molecule has 6 nitrogen and oxygen atoms in total. The van der Waals surface area contributed by atoms with Crippen molar-refractivity contribution in [1.82, 2.24) is 9.62 Å². The van der Waals surface area contributed by atoms with E-state index in [1.165, 1.54) is 18.4 Å². The van der Waals surface area contributed by atoms with E-state index in [0.29, 0.717) is 6.54 Å². The summed E-state index contributed by atoms with van der Waals surface area (Å²) in [5.41, 5.74) is 0. The summed E-state index contributed by atoms with van der Waals surface area (Å²) in [6, 6.07) is 1.64. The Hall–Kier alpha value is -0.480. The Labute approximate surface area is 131 Å². The zero-order chi connectivity index (χ0) is 16.1. The molecule has 0 radical (unpaired) electrons. The van der Waals surface area contributed by atoms with Gasteiger partial charge in [0.2, 0.25) is 10.0 Å². The Morgan fingerprint density at radius 2 is 1.95 bits per heavy atom. The number of sulfonamides is 1. The van der Waals surface area contributed by atoms with Crippen LogP contribution in [0.3, 0.4) is 0 Å². The largest absolute Gasteiger partial charge is 0.312 e. The predicted octanol–water partition coefficient (Wildman–Crippen LogP) is 0.913. The van der Waals surface area contributed by atoms with Crippen LogP contribution in [0.2, 0.25) is 0 Å². The molecule has 1 rings (SSSR count). The van der Waals surface area contributed by atoms with Gasteiger partial charge in [-0.2, -0.15) is 4.31 Å². The van der Waals surface area contributed by atoms with Crippen LogP contribution in [-0.2, 0) is 26.4 Å². The van der Waals surface area contributed by atoms with E-state index in [9.17, 15) is 16.8 Å². The summed E-state index contributed by atoms with van der Waals surface area (Å²) >= 11 is 1.38. The van der Waals surface area contributed by atoms with Gasteiger partial charge in [-0.15, -0.1) is 11.3 Å². The van der Waals surface area contributed by atoms with Gasteiger partial charge in [-0.3, -0.25) is 0 Å². The molecule has 1 heterocycles. The third-order valence-corrected chi connectivity index (χ3v) is 6.69. The maximum absolute atomic E-state index is 12.3. The van der Waals surface area contributed by atoms with Crippen LogP contribution >= 0.6 is 11.3 Å². The molecule has 0 aromatic carbocycles. The van der Waals surface area contributed by atoms with Gasteiger partial charge in [0.05, 0.1) is 10.6 Å². The standard InChI is InChI=1S/C12H22N2O4S3/c1-4-5-13-9-11-8-12(10-19-11)21(17,18)14(2)6-7-20(3,15)16/h8,10,13H,4-7,9H2,1-3H3. The average molecular weight is 355 g/mol. The van der Waals surface area contributed by atoms with Crippen LogP contribution in [0, 0.1) is 0 Å². The van der Waals surface area contributed by atoms with E-state index < -0.39 is 19.9 Å². The van der Waals surface area contributed by atoms with Crippen LogP contribution in [0.1, 0.15) is 18.2 Å². The van der Waals surface area contributed by atoms with Crippen molar-refractivity contribution in [2.24, 2.45) is 0 Å². The summed E-state index contributed by atoms with van der Waals surface area (Å²) in [6.07, 6.45) is 2.11. The number of rotatable bonds is 9. The second kappa shape index (κ2) is 7.68. The van der Waals surface area contributed by atoms with E-state index >= 15 is 0 Å². The molecule has 122 valence electrons. The highest BCUT2D eigenvalue weighted by Crippen LogP contribution is 2.22. The maximum atomic E-state index is 12.3. The molecule has 0 unspecified atom stereocenters. The Bertz CT molecular complexity index is 650. The Morgan fingerprint density at radius 3 is 2.52 bits per heavy atom. The van der Waals surface area contributed by atoms with Crippen LogP contribution < -0.4 is 5.32 Å². The first kappa shape index (κ1) is 18.6. The van der Waals surface area contributed by atoms with Gasteiger partial charge in [0.25, 0.3) is 0 Å². The van der Waals surface area contributed by atoms with Crippen LogP contribution in [-0.4, -0.2) is 53.3 Å². The number of thiophene rings is 1. The summed E-state index contributed by atoms with van der Waals surface area (Å²) in [7, 11) is -5.41. The highest BCUT2D eigenvalue weighted by atomic mass is 32.2. The Balaban J connectivity index is 2.73. The van der Waals surface area contributed by atoms with Gasteiger partial charge in [-0.25, -0.2) is 16.8 Å². The molecule has 9 heteroatoms. The van der Waals surface area contributed by atoms with E-state index in [2.05, 4.69) is 12.2 Å². The molecule has 0 fully saturated rings. The van der Waals surface area contributed by atoms with Gasteiger partial charge >= 0.3 is 0 Å². The van der Waals surface area contributed by atoms with Crippen molar-refractivity contribution in [3.05, 3.63) is 16.3 Å². The molecule has 1 aromatic heterocycles. The quantitative estimate of drug-likeness (QED) is 0.667. The SMILES string of the molecule is CCCNCc1cc(S(=O)(=O)N(C)CCS(C)(=O)=O)cs1. The van der Waals surface area contributed by atoms with Crippen molar-refractivity contribution in [3.8, 4) is 0 Å². The Morgan fingerprint density at radius 1 is 1.29 bits per heavy atom. The summed E-state index contributed by atoms with van der Waals surface area (Å²) in [5, 5.41) is 4.81. The zero-order valence-corrected chi connectivity index (χ0v) is 14.9. The summed E-state index contributed by atoms with van der Waals surface area (Å²) in [4.78, 5) is 1.16. The molecule has 1 N–H and O–H groups in total. The predicted molar refractivity (Wildman–Crippen MR) is 85.8 cm³/mol.